The summed E-state index contributed by atoms with van der Waals surface area (Å²) in [5.74, 6) is -0.758. The Hall–Kier alpha value is -2.07. The van der Waals surface area contributed by atoms with Gasteiger partial charge in [0, 0.05) is 16.1 Å². The van der Waals surface area contributed by atoms with E-state index in [2.05, 4.69) is 43.8 Å². The number of carboxylic acids is 1. The molecule has 0 radical (unpaired) electrons. The lowest BCUT2D eigenvalue weighted by molar-refractivity contribution is -0.134. The SMILES string of the molecule is COc1cc(C=C(NC(C)=O)C(=O)O)cc(Br)c1OCc1ccccc1I. The Morgan fingerprint density at radius 1 is 1.30 bits per heavy atom. The number of carbonyl (C=O) groups is 2. The maximum Gasteiger partial charge on any atom is 0.352 e. The van der Waals surface area contributed by atoms with Crippen molar-refractivity contribution in [3.63, 3.8) is 0 Å². The van der Waals surface area contributed by atoms with Crippen LogP contribution in [-0.2, 0) is 16.2 Å². The van der Waals surface area contributed by atoms with Gasteiger partial charge in [0.15, 0.2) is 11.5 Å². The van der Waals surface area contributed by atoms with Crippen molar-refractivity contribution in [2.45, 2.75) is 13.5 Å². The van der Waals surface area contributed by atoms with Crippen LogP contribution in [0.3, 0.4) is 0 Å². The minimum Gasteiger partial charge on any atom is -0.493 e. The second-order valence-corrected chi connectivity index (χ2v) is 7.48. The molecule has 2 aromatic carbocycles. The molecule has 27 heavy (non-hydrogen) atoms. The van der Waals surface area contributed by atoms with Crippen LogP contribution < -0.4 is 14.8 Å². The average molecular weight is 546 g/mol. The molecule has 0 unspecified atom stereocenters. The fourth-order valence-electron chi connectivity index (χ4n) is 2.24. The minimum absolute atomic E-state index is 0.232. The minimum atomic E-state index is -1.24. The van der Waals surface area contributed by atoms with Crippen LogP contribution in [0.4, 0.5) is 0 Å². The molecule has 0 bridgehead atoms. The van der Waals surface area contributed by atoms with Crippen molar-refractivity contribution in [1.82, 2.24) is 5.32 Å². The highest BCUT2D eigenvalue weighted by molar-refractivity contribution is 14.1. The fraction of sp³-hybridized carbons (Fsp3) is 0.158. The third-order valence-corrected chi connectivity index (χ3v) is 5.08. The van der Waals surface area contributed by atoms with E-state index >= 15 is 0 Å². The number of amides is 1. The molecule has 0 saturated carbocycles. The van der Waals surface area contributed by atoms with Crippen molar-refractivity contribution >= 4 is 56.5 Å². The number of ether oxygens (including phenoxy) is 2. The van der Waals surface area contributed by atoms with Gasteiger partial charge in [0.1, 0.15) is 12.3 Å². The van der Waals surface area contributed by atoms with E-state index in [1.165, 1.54) is 20.1 Å². The van der Waals surface area contributed by atoms with Gasteiger partial charge in [-0.1, -0.05) is 18.2 Å². The van der Waals surface area contributed by atoms with Gasteiger partial charge in [0.05, 0.1) is 11.6 Å². The third-order valence-electron chi connectivity index (χ3n) is 3.43. The van der Waals surface area contributed by atoms with Gasteiger partial charge in [0.25, 0.3) is 0 Å². The maximum absolute atomic E-state index is 11.3. The summed E-state index contributed by atoms with van der Waals surface area (Å²) in [6.07, 6.45) is 1.35. The van der Waals surface area contributed by atoms with E-state index in [1.54, 1.807) is 12.1 Å². The summed E-state index contributed by atoms with van der Waals surface area (Å²) in [6.45, 7) is 1.60. The van der Waals surface area contributed by atoms with Crippen LogP contribution in [-0.4, -0.2) is 24.1 Å². The molecule has 2 N–H and O–H groups in total. The second kappa shape index (κ2) is 9.75. The number of benzene rings is 2. The number of hydrogen-bond donors (Lipinski definition) is 2. The molecule has 0 spiro atoms. The van der Waals surface area contributed by atoms with Crippen molar-refractivity contribution in [3.8, 4) is 11.5 Å². The topological polar surface area (TPSA) is 84.9 Å². The van der Waals surface area contributed by atoms with Gasteiger partial charge < -0.3 is 19.9 Å². The Balaban J connectivity index is 2.32. The van der Waals surface area contributed by atoms with E-state index in [0.717, 1.165) is 9.13 Å². The van der Waals surface area contributed by atoms with Crippen LogP contribution in [0, 0.1) is 3.57 Å². The molecule has 0 saturated heterocycles. The number of carbonyl (C=O) groups excluding carboxylic acids is 1. The van der Waals surface area contributed by atoms with Gasteiger partial charge in [-0.05, 0) is 68.4 Å². The highest BCUT2D eigenvalue weighted by atomic mass is 127. The largest absolute Gasteiger partial charge is 0.493 e. The first kappa shape index (κ1) is 21.2. The van der Waals surface area contributed by atoms with Crippen molar-refractivity contribution in [2.75, 3.05) is 7.11 Å². The molecule has 0 heterocycles. The summed E-state index contributed by atoms with van der Waals surface area (Å²) in [4.78, 5) is 22.5. The predicted octanol–water partition coefficient (Wildman–Crippen LogP) is 4.20. The summed E-state index contributed by atoms with van der Waals surface area (Å²) in [6, 6.07) is 11.2. The Morgan fingerprint density at radius 2 is 2.00 bits per heavy atom. The first-order valence-electron chi connectivity index (χ1n) is 7.78. The van der Waals surface area contributed by atoms with E-state index in [-0.39, 0.29) is 5.70 Å². The number of rotatable bonds is 7. The van der Waals surface area contributed by atoms with E-state index < -0.39 is 11.9 Å². The molecular formula is C19H17BrINO5. The Bertz CT molecular complexity index is 898. The van der Waals surface area contributed by atoms with E-state index in [9.17, 15) is 14.7 Å². The zero-order chi connectivity index (χ0) is 20.0. The molecule has 142 valence electrons. The van der Waals surface area contributed by atoms with Crippen molar-refractivity contribution in [2.24, 2.45) is 0 Å². The smallest absolute Gasteiger partial charge is 0.352 e. The number of nitrogens with one attached hydrogen (secondary N) is 1. The van der Waals surface area contributed by atoms with E-state index in [1.807, 2.05) is 24.3 Å². The van der Waals surface area contributed by atoms with Gasteiger partial charge in [-0.3, -0.25) is 4.79 Å². The molecule has 0 atom stereocenters. The number of aliphatic carboxylic acids is 1. The molecule has 8 heteroatoms. The summed E-state index contributed by atoms with van der Waals surface area (Å²) in [5, 5.41) is 11.5. The number of carboxylic acid groups (broad SMARTS) is 1. The Kier molecular flexibility index (Phi) is 7.66. The van der Waals surface area contributed by atoms with E-state index in [4.69, 9.17) is 9.47 Å². The van der Waals surface area contributed by atoms with Crippen LogP contribution >= 0.6 is 38.5 Å². The first-order chi connectivity index (χ1) is 12.8. The standard InChI is InChI=1S/C19H17BrINO5/c1-11(23)22-16(19(24)25)8-12-7-14(20)18(17(9-12)26-2)27-10-13-5-3-4-6-15(13)21/h3-9H,10H2,1-2H3,(H,22,23)(H,24,25). The van der Waals surface area contributed by atoms with Gasteiger partial charge in [0.2, 0.25) is 5.91 Å². The highest BCUT2D eigenvalue weighted by Gasteiger charge is 2.14. The molecule has 0 aliphatic rings. The summed E-state index contributed by atoms with van der Waals surface area (Å²) < 4.78 is 13.0. The summed E-state index contributed by atoms with van der Waals surface area (Å²) in [5.41, 5.74) is 1.34. The second-order valence-electron chi connectivity index (χ2n) is 5.46. The lowest BCUT2D eigenvalue weighted by Gasteiger charge is -2.14. The average Bonchev–Trinajstić information content (AvgIpc) is 2.60. The highest BCUT2D eigenvalue weighted by Crippen LogP contribution is 2.38. The van der Waals surface area contributed by atoms with Crippen molar-refractivity contribution < 1.29 is 24.2 Å². The summed E-state index contributed by atoms with van der Waals surface area (Å²) >= 11 is 5.68. The Labute approximate surface area is 178 Å². The number of hydrogen-bond acceptors (Lipinski definition) is 4. The molecule has 0 aromatic heterocycles. The van der Waals surface area contributed by atoms with Crippen LogP contribution in [0.15, 0.2) is 46.6 Å². The predicted molar refractivity (Wildman–Crippen MR) is 114 cm³/mol. The van der Waals surface area contributed by atoms with E-state index in [0.29, 0.717) is 28.1 Å². The van der Waals surface area contributed by atoms with Crippen LogP contribution in [0.1, 0.15) is 18.1 Å². The zero-order valence-corrected chi connectivity index (χ0v) is 18.3. The lowest BCUT2D eigenvalue weighted by Crippen LogP contribution is -2.24. The quantitative estimate of drug-likeness (QED) is 0.402. The molecule has 0 aliphatic heterocycles. The molecule has 2 rings (SSSR count). The normalized spacial score (nSPS) is 11.0. The Morgan fingerprint density at radius 3 is 2.59 bits per heavy atom. The van der Waals surface area contributed by atoms with Gasteiger partial charge in [-0.25, -0.2) is 4.79 Å². The molecule has 2 aromatic rings. The zero-order valence-electron chi connectivity index (χ0n) is 14.6. The fourth-order valence-corrected chi connectivity index (χ4v) is 3.35. The molecule has 6 nitrogen and oxygen atoms in total. The lowest BCUT2D eigenvalue weighted by atomic mass is 10.1. The summed E-state index contributed by atoms with van der Waals surface area (Å²) in [7, 11) is 1.50. The molecule has 0 aliphatic carbocycles. The molecule has 0 fully saturated rings. The maximum atomic E-state index is 11.3. The van der Waals surface area contributed by atoms with Gasteiger partial charge in [-0.2, -0.15) is 0 Å². The van der Waals surface area contributed by atoms with Crippen molar-refractivity contribution in [3.05, 3.63) is 61.3 Å². The van der Waals surface area contributed by atoms with Crippen LogP contribution in [0.25, 0.3) is 6.08 Å². The molecule has 1 amide bonds. The van der Waals surface area contributed by atoms with Crippen LogP contribution in [0.2, 0.25) is 0 Å². The first-order valence-corrected chi connectivity index (χ1v) is 9.65. The van der Waals surface area contributed by atoms with Gasteiger partial charge >= 0.3 is 5.97 Å². The van der Waals surface area contributed by atoms with Crippen molar-refractivity contribution in [1.29, 1.82) is 0 Å². The third kappa shape index (κ3) is 5.96. The van der Waals surface area contributed by atoms with Crippen LogP contribution in [0.5, 0.6) is 11.5 Å². The number of methoxy groups -OCH3 is 1. The van der Waals surface area contributed by atoms with Gasteiger partial charge in [-0.15, -0.1) is 0 Å². The monoisotopic (exact) mass is 545 g/mol. The molecular weight excluding hydrogens is 529 g/mol. The number of halogens is 2.